The van der Waals surface area contributed by atoms with Gasteiger partial charge in [0.15, 0.2) is 0 Å². The topological polar surface area (TPSA) is 42.2 Å². The van der Waals surface area contributed by atoms with Gasteiger partial charge in [-0.1, -0.05) is 19.9 Å². The van der Waals surface area contributed by atoms with Crippen LogP contribution in [0.2, 0.25) is 0 Å². The standard InChI is InChI=1S/C16H22BNO2/c1-11(2)13-7-12(10-18)8-14(9-13)17-19-15(3,4)16(5,6)20-17/h7-9,11H,1-6H3. The molecular weight excluding hydrogens is 249 g/mol. The minimum atomic E-state index is -0.411. The van der Waals surface area contributed by atoms with Crippen LogP contribution in [0.25, 0.3) is 0 Å². The van der Waals surface area contributed by atoms with E-state index in [1.165, 1.54) is 0 Å². The van der Waals surface area contributed by atoms with Gasteiger partial charge in [0.25, 0.3) is 0 Å². The molecule has 2 rings (SSSR count). The lowest BCUT2D eigenvalue weighted by Crippen LogP contribution is -2.41. The Morgan fingerprint density at radius 2 is 1.60 bits per heavy atom. The van der Waals surface area contributed by atoms with Gasteiger partial charge < -0.3 is 9.31 Å². The van der Waals surface area contributed by atoms with Crippen LogP contribution in [0.1, 0.15) is 58.6 Å². The summed E-state index contributed by atoms with van der Waals surface area (Å²) in [6, 6.07) is 8.08. The van der Waals surface area contributed by atoms with Crippen molar-refractivity contribution >= 4 is 12.6 Å². The molecule has 0 N–H and O–H groups in total. The van der Waals surface area contributed by atoms with E-state index in [-0.39, 0.29) is 11.2 Å². The summed E-state index contributed by atoms with van der Waals surface area (Å²) in [6.07, 6.45) is 0. The van der Waals surface area contributed by atoms with Crippen molar-refractivity contribution in [3.05, 3.63) is 29.3 Å². The lowest BCUT2D eigenvalue weighted by molar-refractivity contribution is 0.00578. The van der Waals surface area contributed by atoms with Gasteiger partial charge in [0, 0.05) is 0 Å². The zero-order valence-electron chi connectivity index (χ0n) is 13.2. The highest BCUT2D eigenvalue weighted by molar-refractivity contribution is 6.62. The molecule has 1 aromatic rings. The number of nitrogens with zero attached hydrogens (tertiary/aromatic N) is 1. The molecule has 0 spiro atoms. The lowest BCUT2D eigenvalue weighted by atomic mass is 9.76. The first-order chi connectivity index (χ1) is 9.16. The van der Waals surface area contributed by atoms with Crippen molar-refractivity contribution in [3.63, 3.8) is 0 Å². The molecule has 0 aromatic heterocycles. The summed E-state index contributed by atoms with van der Waals surface area (Å²) in [4.78, 5) is 0. The Hall–Kier alpha value is -1.31. The van der Waals surface area contributed by atoms with Crippen LogP contribution in [0.5, 0.6) is 0 Å². The number of rotatable bonds is 2. The summed E-state index contributed by atoms with van der Waals surface area (Å²) in [5.74, 6) is 0.365. The first-order valence-electron chi connectivity index (χ1n) is 7.07. The van der Waals surface area contributed by atoms with E-state index in [0.29, 0.717) is 11.5 Å². The van der Waals surface area contributed by atoms with Crippen molar-refractivity contribution in [3.8, 4) is 6.07 Å². The molecule has 3 nitrogen and oxygen atoms in total. The smallest absolute Gasteiger partial charge is 0.399 e. The first kappa shape index (κ1) is 15.1. The Morgan fingerprint density at radius 3 is 2.05 bits per heavy atom. The molecule has 1 aromatic carbocycles. The highest BCUT2D eigenvalue weighted by atomic mass is 16.7. The molecule has 0 atom stereocenters. The van der Waals surface area contributed by atoms with Crippen LogP contribution < -0.4 is 5.46 Å². The Morgan fingerprint density at radius 1 is 1.05 bits per heavy atom. The van der Waals surface area contributed by atoms with Gasteiger partial charge in [0.2, 0.25) is 0 Å². The van der Waals surface area contributed by atoms with Gasteiger partial charge in [-0.15, -0.1) is 0 Å². The fourth-order valence-corrected chi connectivity index (χ4v) is 2.19. The van der Waals surface area contributed by atoms with Crippen LogP contribution in [0.4, 0.5) is 0 Å². The molecule has 1 saturated heterocycles. The van der Waals surface area contributed by atoms with Gasteiger partial charge in [-0.25, -0.2) is 0 Å². The predicted molar refractivity (Wildman–Crippen MR) is 81.0 cm³/mol. The first-order valence-corrected chi connectivity index (χ1v) is 7.07. The highest BCUT2D eigenvalue weighted by Crippen LogP contribution is 2.36. The Balaban J connectivity index is 2.40. The van der Waals surface area contributed by atoms with Crippen LogP contribution in [0.15, 0.2) is 18.2 Å². The molecule has 1 aliphatic rings. The fourth-order valence-electron chi connectivity index (χ4n) is 2.19. The van der Waals surface area contributed by atoms with Crippen molar-refractivity contribution in [2.45, 2.75) is 58.7 Å². The highest BCUT2D eigenvalue weighted by Gasteiger charge is 2.51. The number of benzene rings is 1. The maximum absolute atomic E-state index is 9.18. The van der Waals surface area contributed by atoms with Gasteiger partial charge in [-0.3, -0.25) is 0 Å². The summed E-state index contributed by atoms with van der Waals surface area (Å²) >= 11 is 0. The molecule has 0 radical (unpaired) electrons. The van der Waals surface area contributed by atoms with Crippen molar-refractivity contribution < 1.29 is 9.31 Å². The second kappa shape index (κ2) is 4.91. The van der Waals surface area contributed by atoms with E-state index < -0.39 is 7.12 Å². The number of nitriles is 1. The molecule has 0 aliphatic carbocycles. The van der Waals surface area contributed by atoms with E-state index in [2.05, 4.69) is 26.0 Å². The minimum absolute atomic E-state index is 0.363. The second-order valence-corrected chi connectivity index (χ2v) is 6.74. The summed E-state index contributed by atoms with van der Waals surface area (Å²) in [7, 11) is -0.411. The zero-order chi connectivity index (χ0) is 15.1. The second-order valence-electron chi connectivity index (χ2n) is 6.74. The quantitative estimate of drug-likeness (QED) is 0.776. The van der Waals surface area contributed by atoms with E-state index in [4.69, 9.17) is 9.31 Å². The third-order valence-corrected chi connectivity index (χ3v) is 4.30. The number of hydrogen-bond acceptors (Lipinski definition) is 3. The molecule has 106 valence electrons. The molecule has 0 amide bonds. The Bertz CT molecular complexity index is 542. The van der Waals surface area contributed by atoms with Gasteiger partial charge in [0.05, 0.1) is 22.8 Å². The molecule has 0 bridgehead atoms. The average Bonchev–Trinajstić information content (AvgIpc) is 2.58. The van der Waals surface area contributed by atoms with E-state index in [1.54, 1.807) is 0 Å². The molecule has 0 saturated carbocycles. The molecule has 20 heavy (non-hydrogen) atoms. The SMILES string of the molecule is CC(C)c1cc(C#N)cc(B2OC(C)(C)C(C)(C)O2)c1. The fraction of sp³-hybridized carbons (Fsp3) is 0.562. The minimum Gasteiger partial charge on any atom is -0.399 e. The largest absolute Gasteiger partial charge is 0.494 e. The monoisotopic (exact) mass is 271 g/mol. The average molecular weight is 271 g/mol. The third-order valence-electron chi connectivity index (χ3n) is 4.30. The predicted octanol–water partition coefficient (Wildman–Crippen LogP) is 2.98. The van der Waals surface area contributed by atoms with Gasteiger partial charge in [-0.2, -0.15) is 5.26 Å². The van der Waals surface area contributed by atoms with E-state index in [0.717, 1.165) is 11.0 Å². The summed E-state index contributed by atoms with van der Waals surface area (Å²) in [6.45, 7) is 12.4. The Labute approximate surface area is 122 Å². The maximum Gasteiger partial charge on any atom is 0.494 e. The van der Waals surface area contributed by atoms with Crippen LogP contribution in [-0.2, 0) is 9.31 Å². The van der Waals surface area contributed by atoms with Crippen molar-refractivity contribution in [1.82, 2.24) is 0 Å². The normalized spacial score (nSPS) is 20.2. The summed E-state index contributed by atoms with van der Waals surface area (Å²) in [5.41, 5.74) is 1.98. The summed E-state index contributed by atoms with van der Waals surface area (Å²) in [5, 5.41) is 9.18. The van der Waals surface area contributed by atoms with Gasteiger partial charge in [0.1, 0.15) is 0 Å². The van der Waals surface area contributed by atoms with Crippen molar-refractivity contribution in [2.24, 2.45) is 0 Å². The molecule has 0 unspecified atom stereocenters. The van der Waals surface area contributed by atoms with Crippen molar-refractivity contribution in [1.29, 1.82) is 5.26 Å². The van der Waals surface area contributed by atoms with Crippen LogP contribution in [0.3, 0.4) is 0 Å². The summed E-state index contributed by atoms with van der Waals surface area (Å²) < 4.78 is 12.1. The van der Waals surface area contributed by atoms with Crippen LogP contribution in [0, 0.1) is 11.3 Å². The maximum atomic E-state index is 9.18. The van der Waals surface area contributed by atoms with E-state index in [1.807, 2.05) is 39.8 Å². The molecular formula is C16H22BNO2. The number of hydrogen-bond donors (Lipinski definition) is 0. The van der Waals surface area contributed by atoms with Gasteiger partial charge >= 0.3 is 7.12 Å². The van der Waals surface area contributed by atoms with Crippen molar-refractivity contribution in [2.75, 3.05) is 0 Å². The molecule has 4 heteroatoms. The van der Waals surface area contributed by atoms with Gasteiger partial charge in [-0.05, 0) is 56.8 Å². The molecule has 1 aliphatic heterocycles. The zero-order valence-corrected chi connectivity index (χ0v) is 13.2. The Kier molecular flexibility index (Phi) is 3.70. The van der Waals surface area contributed by atoms with E-state index >= 15 is 0 Å². The van der Waals surface area contributed by atoms with E-state index in [9.17, 15) is 5.26 Å². The molecule has 1 fully saturated rings. The van der Waals surface area contributed by atoms with Crippen LogP contribution >= 0.6 is 0 Å². The van der Waals surface area contributed by atoms with Crippen LogP contribution in [-0.4, -0.2) is 18.3 Å². The lowest BCUT2D eigenvalue weighted by Gasteiger charge is -2.32. The third kappa shape index (κ3) is 2.61. The molecule has 1 heterocycles.